The van der Waals surface area contributed by atoms with Crippen LogP contribution in [0.2, 0.25) is 0 Å². The highest BCUT2D eigenvalue weighted by atomic mass is 16.2. The topological polar surface area (TPSA) is 58.2 Å². The molecule has 4 nitrogen and oxygen atoms in total. The fraction of sp³-hybridized carbons (Fsp3) is 0.263. The van der Waals surface area contributed by atoms with E-state index >= 15 is 0 Å². The van der Waals surface area contributed by atoms with Crippen molar-refractivity contribution in [1.29, 1.82) is 0 Å². The van der Waals surface area contributed by atoms with Crippen LogP contribution in [0.15, 0.2) is 48.5 Å². The lowest BCUT2D eigenvalue weighted by atomic mass is 10.1. The lowest BCUT2D eigenvalue weighted by Crippen LogP contribution is -2.36. The SMILES string of the molecule is Cc1cc(C)cc(NC(=O)C(=O)NCCCc2ccccc2)c1. The number of anilines is 1. The van der Waals surface area contributed by atoms with Gasteiger partial charge in [-0.25, -0.2) is 0 Å². The minimum atomic E-state index is -0.630. The highest BCUT2D eigenvalue weighted by molar-refractivity contribution is 6.39. The molecule has 4 heteroatoms. The Kier molecular flexibility index (Phi) is 5.92. The van der Waals surface area contributed by atoms with E-state index in [1.54, 1.807) is 0 Å². The van der Waals surface area contributed by atoms with Crippen molar-refractivity contribution in [3.8, 4) is 0 Å². The van der Waals surface area contributed by atoms with Gasteiger partial charge in [0.25, 0.3) is 0 Å². The Balaban J connectivity index is 1.75. The molecule has 2 aromatic rings. The second-order valence-corrected chi connectivity index (χ2v) is 5.68. The van der Waals surface area contributed by atoms with E-state index in [1.807, 2.05) is 50.2 Å². The van der Waals surface area contributed by atoms with Crippen LogP contribution in [0, 0.1) is 13.8 Å². The minimum absolute atomic E-state index is 0.480. The Morgan fingerprint density at radius 2 is 1.57 bits per heavy atom. The molecule has 0 aliphatic rings. The maximum atomic E-state index is 11.9. The average molecular weight is 310 g/mol. The van der Waals surface area contributed by atoms with Crippen molar-refractivity contribution in [2.75, 3.05) is 11.9 Å². The highest BCUT2D eigenvalue weighted by Gasteiger charge is 2.13. The molecule has 0 heterocycles. The van der Waals surface area contributed by atoms with E-state index in [1.165, 1.54) is 5.56 Å². The molecule has 0 aromatic heterocycles. The van der Waals surface area contributed by atoms with Crippen LogP contribution >= 0.6 is 0 Å². The molecule has 0 spiro atoms. The van der Waals surface area contributed by atoms with Crippen LogP contribution in [0.4, 0.5) is 5.69 Å². The van der Waals surface area contributed by atoms with Crippen LogP contribution in [0.1, 0.15) is 23.1 Å². The second kappa shape index (κ2) is 8.13. The number of carbonyl (C=O) groups excluding carboxylic acids is 2. The van der Waals surface area contributed by atoms with E-state index < -0.39 is 11.8 Å². The normalized spacial score (nSPS) is 10.2. The Morgan fingerprint density at radius 3 is 2.22 bits per heavy atom. The quantitative estimate of drug-likeness (QED) is 0.659. The van der Waals surface area contributed by atoms with E-state index in [-0.39, 0.29) is 0 Å². The molecule has 120 valence electrons. The standard InChI is InChI=1S/C19H22N2O2/c1-14-11-15(2)13-17(12-14)21-19(23)18(22)20-10-6-9-16-7-4-3-5-8-16/h3-5,7-8,11-13H,6,9-10H2,1-2H3,(H,20,22)(H,21,23). The van der Waals surface area contributed by atoms with Gasteiger partial charge in [-0.1, -0.05) is 36.4 Å². The maximum absolute atomic E-state index is 11.9. The summed E-state index contributed by atoms with van der Waals surface area (Å²) in [6, 6.07) is 15.8. The molecule has 0 fully saturated rings. The Bertz CT molecular complexity index is 661. The molecule has 0 aliphatic heterocycles. The van der Waals surface area contributed by atoms with Gasteiger partial charge in [0.1, 0.15) is 0 Å². The van der Waals surface area contributed by atoms with Crippen molar-refractivity contribution in [3.63, 3.8) is 0 Å². The number of carbonyl (C=O) groups is 2. The van der Waals surface area contributed by atoms with Crippen molar-refractivity contribution in [2.45, 2.75) is 26.7 Å². The third-order valence-electron chi connectivity index (χ3n) is 3.46. The van der Waals surface area contributed by atoms with E-state index in [4.69, 9.17) is 0 Å². The van der Waals surface area contributed by atoms with Crippen molar-refractivity contribution in [3.05, 3.63) is 65.2 Å². The number of aryl methyl sites for hydroxylation is 3. The van der Waals surface area contributed by atoms with Gasteiger partial charge in [0.2, 0.25) is 0 Å². The van der Waals surface area contributed by atoms with Crippen LogP contribution in [0.5, 0.6) is 0 Å². The molecule has 0 unspecified atom stereocenters. The van der Waals surface area contributed by atoms with Crippen LogP contribution < -0.4 is 10.6 Å². The van der Waals surface area contributed by atoms with E-state index in [0.29, 0.717) is 12.2 Å². The zero-order chi connectivity index (χ0) is 16.7. The summed E-state index contributed by atoms with van der Waals surface area (Å²) in [6.07, 6.45) is 1.67. The highest BCUT2D eigenvalue weighted by Crippen LogP contribution is 2.13. The molecule has 2 amide bonds. The molecule has 2 rings (SSSR count). The average Bonchev–Trinajstić information content (AvgIpc) is 2.51. The molecule has 2 aromatic carbocycles. The van der Waals surface area contributed by atoms with Crippen LogP contribution in [-0.2, 0) is 16.0 Å². The zero-order valence-electron chi connectivity index (χ0n) is 13.6. The Labute approximate surface area is 136 Å². The molecule has 23 heavy (non-hydrogen) atoms. The number of nitrogens with one attached hydrogen (secondary N) is 2. The predicted octanol–water partition coefficient (Wildman–Crippen LogP) is 2.99. The van der Waals surface area contributed by atoms with Crippen LogP contribution in [0.3, 0.4) is 0 Å². The van der Waals surface area contributed by atoms with Crippen molar-refractivity contribution in [2.24, 2.45) is 0 Å². The first kappa shape index (κ1) is 16.7. The van der Waals surface area contributed by atoms with Crippen molar-refractivity contribution < 1.29 is 9.59 Å². The van der Waals surface area contributed by atoms with E-state index in [9.17, 15) is 9.59 Å². The summed E-state index contributed by atoms with van der Waals surface area (Å²) in [7, 11) is 0. The second-order valence-electron chi connectivity index (χ2n) is 5.68. The lowest BCUT2D eigenvalue weighted by molar-refractivity contribution is -0.136. The summed E-state index contributed by atoms with van der Waals surface area (Å²) < 4.78 is 0. The molecule has 2 N–H and O–H groups in total. The first-order valence-electron chi connectivity index (χ1n) is 7.76. The smallest absolute Gasteiger partial charge is 0.313 e. The molecule has 0 saturated carbocycles. The number of rotatable bonds is 5. The minimum Gasteiger partial charge on any atom is -0.348 e. The van der Waals surface area contributed by atoms with Crippen molar-refractivity contribution >= 4 is 17.5 Å². The van der Waals surface area contributed by atoms with Gasteiger partial charge in [0.05, 0.1) is 0 Å². The fourth-order valence-corrected chi connectivity index (χ4v) is 2.45. The summed E-state index contributed by atoms with van der Waals surface area (Å²) in [4.78, 5) is 23.7. The van der Waals surface area contributed by atoms with Gasteiger partial charge in [-0.15, -0.1) is 0 Å². The molecular weight excluding hydrogens is 288 g/mol. The van der Waals surface area contributed by atoms with E-state index in [0.717, 1.165) is 24.0 Å². The summed E-state index contributed by atoms with van der Waals surface area (Å²) in [6.45, 7) is 4.38. The van der Waals surface area contributed by atoms with Gasteiger partial charge >= 0.3 is 11.8 Å². The largest absolute Gasteiger partial charge is 0.348 e. The first-order valence-corrected chi connectivity index (χ1v) is 7.76. The molecular formula is C19H22N2O2. The first-order chi connectivity index (χ1) is 11.0. The number of hydrogen-bond acceptors (Lipinski definition) is 2. The number of benzene rings is 2. The van der Waals surface area contributed by atoms with Crippen molar-refractivity contribution in [1.82, 2.24) is 5.32 Å². The van der Waals surface area contributed by atoms with Gasteiger partial charge in [-0.05, 0) is 55.5 Å². The summed E-state index contributed by atoms with van der Waals surface area (Å²) >= 11 is 0. The summed E-state index contributed by atoms with van der Waals surface area (Å²) in [5.74, 6) is -1.23. The Morgan fingerprint density at radius 1 is 0.913 bits per heavy atom. The Hall–Kier alpha value is -2.62. The zero-order valence-corrected chi connectivity index (χ0v) is 13.6. The molecule has 0 radical (unpaired) electrons. The van der Waals surface area contributed by atoms with Crippen LogP contribution in [-0.4, -0.2) is 18.4 Å². The summed E-state index contributed by atoms with van der Waals surface area (Å²) in [5.41, 5.74) is 3.96. The summed E-state index contributed by atoms with van der Waals surface area (Å²) in [5, 5.41) is 5.28. The third-order valence-corrected chi connectivity index (χ3v) is 3.46. The molecule has 0 atom stereocenters. The fourth-order valence-electron chi connectivity index (χ4n) is 2.45. The van der Waals surface area contributed by atoms with E-state index in [2.05, 4.69) is 22.8 Å². The number of amides is 2. The van der Waals surface area contributed by atoms with Crippen LogP contribution in [0.25, 0.3) is 0 Å². The molecule has 0 saturated heterocycles. The maximum Gasteiger partial charge on any atom is 0.313 e. The van der Waals surface area contributed by atoms with Gasteiger partial charge in [0.15, 0.2) is 0 Å². The third kappa shape index (κ3) is 5.58. The van der Waals surface area contributed by atoms with Gasteiger partial charge in [-0.3, -0.25) is 9.59 Å². The molecule has 0 bridgehead atoms. The molecule has 0 aliphatic carbocycles. The predicted molar refractivity (Wildman–Crippen MR) is 92.3 cm³/mol. The van der Waals surface area contributed by atoms with Gasteiger partial charge in [0, 0.05) is 12.2 Å². The lowest BCUT2D eigenvalue weighted by Gasteiger charge is -2.08. The van der Waals surface area contributed by atoms with Gasteiger partial charge < -0.3 is 10.6 Å². The number of hydrogen-bond donors (Lipinski definition) is 2. The monoisotopic (exact) mass is 310 g/mol. The van der Waals surface area contributed by atoms with Gasteiger partial charge in [-0.2, -0.15) is 0 Å².